The molecule has 3 aliphatic carbocycles. The van der Waals surface area contributed by atoms with Gasteiger partial charge in [-0.05, 0) is 67.1 Å². The van der Waals surface area contributed by atoms with E-state index >= 15 is 0 Å². The van der Waals surface area contributed by atoms with Crippen LogP contribution in [0.1, 0.15) is 37.7 Å². The van der Waals surface area contributed by atoms with Crippen LogP contribution in [0, 0.1) is 23.2 Å². The van der Waals surface area contributed by atoms with Gasteiger partial charge in [0.1, 0.15) is 0 Å². The molecule has 2 aromatic rings. The average Bonchev–Trinajstić information content (AvgIpc) is 3.10. The van der Waals surface area contributed by atoms with Crippen LogP contribution < -0.4 is 11.1 Å². The lowest BCUT2D eigenvalue weighted by Crippen LogP contribution is -2.56. The van der Waals surface area contributed by atoms with E-state index in [-0.39, 0.29) is 35.0 Å². The topological polar surface area (TPSA) is 90.0 Å². The number of primary amides is 1. The second-order valence-corrected chi connectivity index (χ2v) is 10.0. The maximum absolute atomic E-state index is 13.5. The zero-order chi connectivity index (χ0) is 20.9. The molecule has 158 valence electrons. The number of aromatic nitrogens is 2. The van der Waals surface area contributed by atoms with Gasteiger partial charge in [-0.2, -0.15) is 0 Å². The molecule has 1 heterocycles. The highest BCUT2D eigenvalue weighted by Gasteiger charge is 2.78. The van der Waals surface area contributed by atoms with Crippen molar-refractivity contribution in [2.24, 2.45) is 28.9 Å². The molecule has 1 spiro atoms. The van der Waals surface area contributed by atoms with Crippen LogP contribution in [0.15, 0.2) is 47.5 Å². The molecule has 1 aromatic carbocycles. The van der Waals surface area contributed by atoms with Gasteiger partial charge in [-0.3, -0.25) is 9.59 Å². The standard InChI is InChI=1S/C23H27BrN4O2/c24-16-4-2-15(3-5-16)23(21(25)30)18-7-6-17(22(18)8-9-22)19(23)20(29)27-10-1-12-28-13-11-26-14-28/h2-5,11,13-14,17-19H,1,6-10,12H2,(H2,25,30)(H,27,29)/t17-,18+,19+,23-/m1/s1. The predicted molar refractivity (Wildman–Crippen MR) is 116 cm³/mol. The van der Waals surface area contributed by atoms with Crippen molar-refractivity contribution in [2.75, 3.05) is 6.54 Å². The first-order valence-electron chi connectivity index (χ1n) is 10.8. The first-order chi connectivity index (χ1) is 14.5. The van der Waals surface area contributed by atoms with Gasteiger partial charge in [0.15, 0.2) is 0 Å². The van der Waals surface area contributed by atoms with E-state index in [9.17, 15) is 9.59 Å². The number of imidazole rings is 1. The lowest BCUT2D eigenvalue weighted by Gasteiger charge is -2.41. The number of amides is 2. The number of rotatable bonds is 7. The van der Waals surface area contributed by atoms with Crippen molar-refractivity contribution in [3.8, 4) is 0 Å². The Kier molecular flexibility index (Phi) is 4.76. The molecule has 2 amide bonds. The summed E-state index contributed by atoms with van der Waals surface area (Å²) < 4.78 is 2.95. The molecule has 4 atom stereocenters. The van der Waals surface area contributed by atoms with Crippen LogP contribution in [-0.4, -0.2) is 27.9 Å². The van der Waals surface area contributed by atoms with Crippen molar-refractivity contribution in [1.29, 1.82) is 0 Å². The van der Waals surface area contributed by atoms with Crippen LogP contribution in [-0.2, 0) is 21.5 Å². The molecular weight excluding hydrogens is 444 g/mol. The normalized spacial score (nSPS) is 30.5. The molecule has 3 aliphatic rings. The van der Waals surface area contributed by atoms with Crippen molar-refractivity contribution in [3.63, 3.8) is 0 Å². The van der Waals surface area contributed by atoms with Gasteiger partial charge >= 0.3 is 0 Å². The number of nitrogens with zero attached hydrogens (tertiary/aromatic N) is 2. The third-order valence-corrected chi connectivity index (χ3v) is 8.46. The first kappa shape index (κ1) is 19.8. The van der Waals surface area contributed by atoms with Gasteiger partial charge < -0.3 is 15.6 Å². The summed E-state index contributed by atoms with van der Waals surface area (Å²) in [6, 6.07) is 7.85. The smallest absolute Gasteiger partial charge is 0.229 e. The Morgan fingerprint density at radius 1 is 1.23 bits per heavy atom. The van der Waals surface area contributed by atoms with E-state index in [1.54, 1.807) is 12.5 Å². The second-order valence-electron chi connectivity index (χ2n) is 9.13. The van der Waals surface area contributed by atoms with Gasteiger partial charge in [-0.15, -0.1) is 0 Å². The number of aryl methyl sites for hydroxylation is 1. The van der Waals surface area contributed by atoms with Crippen molar-refractivity contribution in [2.45, 2.75) is 44.1 Å². The Morgan fingerprint density at radius 3 is 2.63 bits per heavy atom. The molecule has 7 heteroatoms. The molecule has 2 bridgehead atoms. The van der Waals surface area contributed by atoms with E-state index in [1.807, 2.05) is 35.0 Å². The van der Waals surface area contributed by atoms with Crippen molar-refractivity contribution < 1.29 is 9.59 Å². The number of benzene rings is 1. The van der Waals surface area contributed by atoms with Gasteiger partial charge in [0.2, 0.25) is 11.8 Å². The summed E-state index contributed by atoms with van der Waals surface area (Å²) in [5.41, 5.74) is 6.26. The monoisotopic (exact) mass is 470 g/mol. The minimum absolute atomic E-state index is 0.0131. The summed E-state index contributed by atoms with van der Waals surface area (Å²) in [6.07, 6.45) is 10.5. The van der Waals surface area contributed by atoms with Gasteiger partial charge in [0, 0.05) is 30.0 Å². The van der Waals surface area contributed by atoms with Crippen molar-refractivity contribution >= 4 is 27.7 Å². The SMILES string of the molecule is NC(=O)[C@@]1(c2ccc(Br)cc2)[C@H](C(=O)NCCCn2ccnc2)[C@H]2CC[C@H]1C21CC1. The fourth-order valence-electron chi connectivity index (χ4n) is 6.72. The van der Waals surface area contributed by atoms with Crippen molar-refractivity contribution in [1.82, 2.24) is 14.9 Å². The summed E-state index contributed by atoms with van der Waals surface area (Å²) in [6.45, 7) is 1.38. The highest BCUT2D eigenvalue weighted by Crippen LogP contribution is 2.78. The number of nitrogens with one attached hydrogen (secondary N) is 1. The number of nitrogens with two attached hydrogens (primary N) is 1. The van der Waals surface area contributed by atoms with Gasteiger partial charge in [0.25, 0.3) is 0 Å². The molecule has 0 radical (unpaired) electrons. The maximum atomic E-state index is 13.5. The minimum atomic E-state index is -0.908. The molecule has 30 heavy (non-hydrogen) atoms. The van der Waals surface area contributed by atoms with E-state index in [0.717, 1.165) is 48.7 Å². The Bertz CT molecular complexity index is 954. The maximum Gasteiger partial charge on any atom is 0.229 e. The van der Waals surface area contributed by atoms with E-state index in [4.69, 9.17) is 5.73 Å². The quantitative estimate of drug-likeness (QED) is 0.609. The molecule has 3 N–H and O–H groups in total. The van der Waals surface area contributed by atoms with Crippen molar-refractivity contribution in [3.05, 3.63) is 53.0 Å². The van der Waals surface area contributed by atoms with Gasteiger partial charge in [-0.25, -0.2) is 4.98 Å². The summed E-state index contributed by atoms with van der Waals surface area (Å²) >= 11 is 3.49. The molecular formula is C23H27BrN4O2. The van der Waals surface area contributed by atoms with Crippen LogP contribution in [0.2, 0.25) is 0 Å². The third kappa shape index (κ3) is 2.77. The lowest BCUT2D eigenvalue weighted by atomic mass is 9.61. The van der Waals surface area contributed by atoms with Crippen LogP contribution in [0.5, 0.6) is 0 Å². The molecule has 0 unspecified atom stereocenters. The Labute approximate surface area is 184 Å². The second kappa shape index (κ2) is 7.22. The first-order valence-corrected chi connectivity index (χ1v) is 11.6. The average molecular weight is 471 g/mol. The number of hydrogen-bond acceptors (Lipinski definition) is 3. The largest absolute Gasteiger partial charge is 0.369 e. The molecule has 6 nitrogen and oxygen atoms in total. The van der Waals surface area contributed by atoms with Crippen LogP contribution in [0.4, 0.5) is 0 Å². The summed E-state index contributed by atoms with van der Waals surface area (Å²) in [4.78, 5) is 30.7. The fraction of sp³-hybridized carbons (Fsp3) is 0.522. The lowest BCUT2D eigenvalue weighted by molar-refractivity contribution is -0.138. The van der Waals surface area contributed by atoms with E-state index < -0.39 is 5.41 Å². The molecule has 0 saturated heterocycles. The fourth-order valence-corrected chi connectivity index (χ4v) is 6.99. The number of halogens is 1. The number of hydrogen-bond donors (Lipinski definition) is 2. The number of carbonyl (C=O) groups is 2. The Hall–Kier alpha value is -2.15. The molecule has 0 aliphatic heterocycles. The Morgan fingerprint density at radius 2 is 2.00 bits per heavy atom. The van der Waals surface area contributed by atoms with Gasteiger partial charge in [-0.1, -0.05) is 28.1 Å². The highest BCUT2D eigenvalue weighted by molar-refractivity contribution is 9.10. The molecule has 5 rings (SSSR count). The van der Waals surface area contributed by atoms with E-state index in [1.165, 1.54) is 0 Å². The van der Waals surface area contributed by atoms with Crippen LogP contribution >= 0.6 is 15.9 Å². The van der Waals surface area contributed by atoms with Gasteiger partial charge in [0.05, 0.1) is 17.7 Å². The zero-order valence-corrected chi connectivity index (χ0v) is 18.5. The molecule has 3 fully saturated rings. The van der Waals surface area contributed by atoms with E-state index in [2.05, 4.69) is 26.2 Å². The zero-order valence-electron chi connectivity index (χ0n) is 16.9. The minimum Gasteiger partial charge on any atom is -0.369 e. The molecule has 3 saturated carbocycles. The predicted octanol–water partition coefficient (Wildman–Crippen LogP) is 3.01. The summed E-state index contributed by atoms with van der Waals surface area (Å²) in [5, 5.41) is 3.14. The van der Waals surface area contributed by atoms with E-state index in [0.29, 0.717) is 6.54 Å². The summed E-state index contributed by atoms with van der Waals surface area (Å²) in [5.74, 6) is -0.337. The van der Waals surface area contributed by atoms with Crippen LogP contribution in [0.3, 0.4) is 0 Å². The number of carbonyl (C=O) groups excluding carboxylic acids is 2. The Balaban J connectivity index is 1.43. The third-order valence-electron chi connectivity index (χ3n) is 7.93. The van der Waals surface area contributed by atoms with Crippen LogP contribution in [0.25, 0.3) is 0 Å². The highest BCUT2D eigenvalue weighted by atomic mass is 79.9. The molecule has 1 aromatic heterocycles. The summed E-state index contributed by atoms with van der Waals surface area (Å²) in [7, 11) is 0.